The first-order valence-electron chi connectivity index (χ1n) is 13.5. The van der Waals surface area contributed by atoms with E-state index in [-0.39, 0.29) is 44.4 Å². The Hall–Kier alpha value is -4.41. The normalized spacial score (nSPS) is 14.0. The third-order valence-corrected chi connectivity index (χ3v) is 9.85. The lowest BCUT2D eigenvalue weighted by Gasteiger charge is -2.14. The van der Waals surface area contributed by atoms with Crippen molar-refractivity contribution in [3.63, 3.8) is 0 Å². The van der Waals surface area contributed by atoms with Crippen molar-refractivity contribution in [2.45, 2.75) is 6.54 Å². The summed E-state index contributed by atoms with van der Waals surface area (Å²) in [6, 6.07) is 13.3. The van der Waals surface area contributed by atoms with Gasteiger partial charge in [-0.05, 0) is 65.1 Å². The van der Waals surface area contributed by atoms with Crippen LogP contribution in [0.15, 0.2) is 68.4 Å². The van der Waals surface area contributed by atoms with Gasteiger partial charge in [-0.15, -0.1) is 11.3 Å². The zero-order chi connectivity index (χ0) is 33.6. The number of thiophene rings is 1. The van der Waals surface area contributed by atoms with Crippen LogP contribution >= 0.6 is 58.5 Å². The summed E-state index contributed by atoms with van der Waals surface area (Å²) in [5, 5.41) is 3.61. The number of aromatic nitrogens is 4. The van der Waals surface area contributed by atoms with Crippen LogP contribution in [0.1, 0.15) is 20.8 Å². The molecule has 1 saturated heterocycles. The summed E-state index contributed by atoms with van der Waals surface area (Å²) in [6.07, 6.45) is 1.61. The molecule has 0 saturated carbocycles. The van der Waals surface area contributed by atoms with E-state index in [1.54, 1.807) is 60.0 Å². The number of halogens is 2. The van der Waals surface area contributed by atoms with Crippen molar-refractivity contribution in [2.75, 3.05) is 7.11 Å². The summed E-state index contributed by atoms with van der Waals surface area (Å²) in [5.74, 6) is -0.403. The quantitative estimate of drug-likeness (QED) is 0.169. The summed E-state index contributed by atoms with van der Waals surface area (Å²) in [4.78, 5) is 56.9. The minimum Gasteiger partial charge on any atom is -0.493 e. The van der Waals surface area contributed by atoms with E-state index in [1.807, 2.05) is 0 Å². The summed E-state index contributed by atoms with van der Waals surface area (Å²) in [7, 11) is 4.33. The SMILES string of the molecule is COc1cc(/C=C2\SC(=S)N(NC(=O)c3cccs3)C2=O)ccc1Oc1nc2c(c(=O)n(C)c(=O)n2C)n1Cc1ccc(Cl)cc1Cl. The number of amides is 2. The number of aryl methyl sites for hydroxylation is 1. The summed E-state index contributed by atoms with van der Waals surface area (Å²) >= 11 is 20.2. The number of nitrogens with zero attached hydrogens (tertiary/aromatic N) is 5. The fourth-order valence-electron chi connectivity index (χ4n) is 4.71. The molecule has 3 aromatic heterocycles. The molecule has 4 heterocycles. The van der Waals surface area contributed by atoms with Crippen LogP contribution in [-0.2, 0) is 25.4 Å². The van der Waals surface area contributed by atoms with Crippen molar-refractivity contribution in [1.82, 2.24) is 29.1 Å². The van der Waals surface area contributed by atoms with Crippen molar-refractivity contribution in [2.24, 2.45) is 14.1 Å². The molecule has 240 valence electrons. The van der Waals surface area contributed by atoms with Gasteiger partial charge in [0.1, 0.15) is 0 Å². The smallest absolute Gasteiger partial charge is 0.332 e. The van der Waals surface area contributed by atoms with Gasteiger partial charge in [0.15, 0.2) is 27.0 Å². The van der Waals surface area contributed by atoms with E-state index < -0.39 is 23.1 Å². The van der Waals surface area contributed by atoms with Crippen LogP contribution in [0.2, 0.25) is 10.0 Å². The highest BCUT2D eigenvalue weighted by Crippen LogP contribution is 2.37. The molecule has 0 aliphatic carbocycles. The number of ether oxygens (including phenoxy) is 2. The monoisotopic (exact) mass is 728 g/mol. The molecule has 5 aromatic rings. The highest BCUT2D eigenvalue weighted by molar-refractivity contribution is 8.26. The predicted octanol–water partition coefficient (Wildman–Crippen LogP) is 5.20. The maximum absolute atomic E-state index is 13.3. The van der Waals surface area contributed by atoms with Crippen LogP contribution in [0.4, 0.5) is 0 Å². The molecule has 6 rings (SSSR count). The Kier molecular flexibility index (Phi) is 9.00. The molecule has 0 unspecified atom stereocenters. The molecule has 0 radical (unpaired) electrons. The summed E-state index contributed by atoms with van der Waals surface area (Å²) in [5.41, 5.74) is 2.87. The van der Waals surface area contributed by atoms with Gasteiger partial charge < -0.3 is 9.47 Å². The first-order chi connectivity index (χ1) is 22.5. The van der Waals surface area contributed by atoms with Gasteiger partial charge in [0.2, 0.25) is 0 Å². The number of imidazole rings is 1. The molecule has 1 aliphatic rings. The van der Waals surface area contributed by atoms with E-state index >= 15 is 0 Å². The Bertz CT molecular complexity index is 2260. The van der Waals surface area contributed by atoms with Gasteiger partial charge in [-0.25, -0.2) is 4.79 Å². The van der Waals surface area contributed by atoms with Crippen LogP contribution < -0.4 is 26.1 Å². The predicted molar refractivity (Wildman–Crippen MR) is 186 cm³/mol. The number of thioether (sulfide) groups is 1. The zero-order valence-electron chi connectivity index (χ0n) is 24.6. The molecule has 17 heteroatoms. The molecule has 0 spiro atoms. The first kappa shape index (κ1) is 32.5. The third kappa shape index (κ3) is 6.19. The van der Waals surface area contributed by atoms with Crippen LogP contribution in [0, 0.1) is 0 Å². The Balaban J connectivity index is 1.34. The molecule has 0 bridgehead atoms. The number of nitrogens with one attached hydrogen (secondary N) is 1. The number of thiocarbonyl (C=S) groups is 1. The second-order valence-corrected chi connectivity index (χ2v) is 13.5. The molecular weight excluding hydrogens is 707 g/mol. The zero-order valence-corrected chi connectivity index (χ0v) is 28.6. The third-order valence-electron chi connectivity index (χ3n) is 7.10. The van der Waals surface area contributed by atoms with Gasteiger partial charge in [-0.1, -0.05) is 53.2 Å². The molecule has 1 fully saturated rings. The fourth-order valence-corrected chi connectivity index (χ4v) is 6.97. The van der Waals surface area contributed by atoms with Crippen molar-refractivity contribution in [3.05, 3.63) is 106 Å². The lowest BCUT2D eigenvalue weighted by molar-refractivity contribution is -0.123. The van der Waals surface area contributed by atoms with Crippen LogP contribution in [0.3, 0.4) is 0 Å². The lowest BCUT2D eigenvalue weighted by Crippen LogP contribution is -2.44. The van der Waals surface area contributed by atoms with Gasteiger partial charge in [-0.2, -0.15) is 9.99 Å². The molecule has 12 nitrogen and oxygen atoms in total. The van der Waals surface area contributed by atoms with Crippen molar-refractivity contribution < 1.29 is 19.1 Å². The maximum atomic E-state index is 13.3. The largest absolute Gasteiger partial charge is 0.493 e. The molecule has 47 heavy (non-hydrogen) atoms. The first-order valence-corrected chi connectivity index (χ1v) is 16.4. The van der Waals surface area contributed by atoms with Gasteiger partial charge in [0.05, 0.1) is 23.4 Å². The van der Waals surface area contributed by atoms with E-state index in [2.05, 4.69) is 10.4 Å². The van der Waals surface area contributed by atoms with Crippen LogP contribution in [-0.4, -0.2) is 46.9 Å². The minimum absolute atomic E-state index is 0.00211. The van der Waals surface area contributed by atoms with E-state index in [0.29, 0.717) is 26.0 Å². The summed E-state index contributed by atoms with van der Waals surface area (Å²) < 4.78 is 15.8. The number of methoxy groups -OCH3 is 1. The molecule has 2 amide bonds. The highest BCUT2D eigenvalue weighted by Gasteiger charge is 2.34. The average Bonchev–Trinajstić information content (AvgIpc) is 3.77. The van der Waals surface area contributed by atoms with E-state index in [4.69, 9.17) is 44.9 Å². The average molecular weight is 730 g/mol. The Morgan fingerprint density at radius 2 is 1.85 bits per heavy atom. The van der Waals surface area contributed by atoms with Gasteiger partial charge in [0.25, 0.3) is 17.4 Å². The topological polar surface area (TPSA) is 130 Å². The van der Waals surface area contributed by atoms with Crippen molar-refractivity contribution in [3.8, 4) is 17.5 Å². The van der Waals surface area contributed by atoms with Crippen molar-refractivity contribution >= 4 is 91.9 Å². The van der Waals surface area contributed by atoms with E-state index in [1.165, 1.54) is 41.7 Å². The number of hydrazine groups is 1. The van der Waals surface area contributed by atoms with E-state index in [9.17, 15) is 19.2 Å². The number of rotatable bonds is 8. The van der Waals surface area contributed by atoms with Crippen LogP contribution in [0.25, 0.3) is 17.2 Å². The Morgan fingerprint density at radius 1 is 1.06 bits per heavy atom. The molecule has 1 aliphatic heterocycles. The van der Waals surface area contributed by atoms with Gasteiger partial charge in [0, 0.05) is 24.1 Å². The number of hydrogen-bond donors (Lipinski definition) is 1. The number of carbonyl (C=O) groups is 2. The van der Waals surface area contributed by atoms with E-state index in [0.717, 1.165) is 21.3 Å². The molecule has 1 N–H and O–H groups in total. The standard InChI is InChI=1S/C30H22Cl2N6O6S3/c1-35-24-23(27(41)36(2)29(35)42)37(14-16-7-8-17(31)13-18(16)32)28(33-24)44-19-9-6-15(11-20(19)43-3)12-22-26(40)38(30(45)47-22)34-25(39)21-5-4-10-46-21/h4-13H,14H2,1-3H3,(H,34,39)/b22-12-. The fraction of sp³-hybridized carbons (Fsp3) is 0.133. The second kappa shape index (κ2) is 13.0. The minimum atomic E-state index is -0.568. The number of carbonyl (C=O) groups excluding carboxylic acids is 2. The van der Waals surface area contributed by atoms with Crippen LogP contribution in [0.5, 0.6) is 17.5 Å². The lowest BCUT2D eigenvalue weighted by atomic mass is 10.2. The number of benzene rings is 2. The maximum Gasteiger partial charge on any atom is 0.332 e. The number of fused-ring (bicyclic) bond motifs is 1. The van der Waals surface area contributed by atoms with Gasteiger partial charge >= 0.3 is 11.7 Å². The van der Waals surface area contributed by atoms with Gasteiger partial charge in [-0.3, -0.25) is 33.5 Å². The summed E-state index contributed by atoms with van der Waals surface area (Å²) in [6.45, 7) is 0.0700. The molecular formula is C30H22Cl2N6O6S3. The second-order valence-electron chi connectivity index (χ2n) is 10.0. The molecule has 2 aromatic carbocycles. The highest BCUT2D eigenvalue weighted by atomic mass is 35.5. The molecule has 0 atom stereocenters. The number of hydrogen-bond acceptors (Lipinski definition) is 10. The Morgan fingerprint density at radius 3 is 2.55 bits per heavy atom. The van der Waals surface area contributed by atoms with Crippen molar-refractivity contribution in [1.29, 1.82) is 0 Å². The Labute approximate surface area is 289 Å².